The molecule has 1 rings (SSSR count). The molecule has 2 heteroatoms. The van der Waals surface area contributed by atoms with Crippen molar-refractivity contribution in [3.63, 3.8) is 0 Å². The molecule has 12 heavy (non-hydrogen) atoms. The van der Waals surface area contributed by atoms with Crippen LogP contribution in [0.15, 0.2) is 24.3 Å². The van der Waals surface area contributed by atoms with Crippen LogP contribution in [0, 0.1) is 0 Å². The van der Waals surface area contributed by atoms with Crippen molar-refractivity contribution in [3.05, 3.63) is 24.3 Å². The van der Waals surface area contributed by atoms with Gasteiger partial charge in [0.2, 0.25) is 0 Å². The van der Waals surface area contributed by atoms with Crippen LogP contribution in [-0.4, -0.2) is 25.5 Å². The standard InChI is InChI=1S/C7H7O.3CH3.Sn/c1-8-7-5-3-2-4-6-7;;;;/h2-5H,1H3;3*1H3;. The molecule has 66 valence electrons. The number of ether oxygens (including phenoxy) is 1. The molecule has 0 saturated heterocycles. The molecule has 0 saturated carbocycles. The van der Waals surface area contributed by atoms with Crippen molar-refractivity contribution in [2.75, 3.05) is 7.11 Å². The van der Waals surface area contributed by atoms with Gasteiger partial charge in [-0.2, -0.15) is 0 Å². The van der Waals surface area contributed by atoms with Crippen LogP contribution >= 0.6 is 0 Å². The minimum absolute atomic E-state index is 1.07. The summed E-state index contributed by atoms with van der Waals surface area (Å²) in [6.07, 6.45) is 0. The maximum atomic E-state index is 5.32. The van der Waals surface area contributed by atoms with Gasteiger partial charge in [0, 0.05) is 0 Å². The minimum atomic E-state index is -1.93. The third-order valence-electron chi connectivity index (χ3n) is 1.91. The summed E-state index contributed by atoms with van der Waals surface area (Å²) >= 11 is -1.93. The first kappa shape index (κ1) is 9.90. The fourth-order valence-electron chi connectivity index (χ4n) is 1.26. The molecule has 0 aliphatic heterocycles. The number of benzene rings is 1. The molecule has 1 aromatic carbocycles. The zero-order chi connectivity index (χ0) is 9.19. The van der Waals surface area contributed by atoms with E-state index in [-0.39, 0.29) is 0 Å². The normalized spacial score (nSPS) is 11.3. The Morgan fingerprint density at radius 3 is 2.08 bits per heavy atom. The Morgan fingerprint density at radius 2 is 1.67 bits per heavy atom. The van der Waals surface area contributed by atoms with Crippen molar-refractivity contribution in [1.29, 1.82) is 0 Å². The summed E-state index contributed by atoms with van der Waals surface area (Å²) in [5, 5.41) is 0. The van der Waals surface area contributed by atoms with Crippen molar-refractivity contribution < 1.29 is 4.74 Å². The van der Waals surface area contributed by atoms with Gasteiger partial charge in [0.15, 0.2) is 0 Å². The zero-order valence-electron chi connectivity index (χ0n) is 8.22. The topological polar surface area (TPSA) is 9.23 Å². The van der Waals surface area contributed by atoms with Gasteiger partial charge in [-0.25, -0.2) is 0 Å². The average Bonchev–Trinajstić information content (AvgIpc) is 2.03. The van der Waals surface area contributed by atoms with Crippen molar-refractivity contribution in [2.45, 2.75) is 14.8 Å². The van der Waals surface area contributed by atoms with Crippen LogP contribution in [0.2, 0.25) is 14.8 Å². The summed E-state index contributed by atoms with van der Waals surface area (Å²) in [5.41, 5.74) is 0. The summed E-state index contributed by atoms with van der Waals surface area (Å²) in [4.78, 5) is 7.19. The SMILES string of the molecule is COc1cccc[c]1[Sn]([CH3])([CH3])[CH3]. The number of rotatable bonds is 2. The summed E-state index contributed by atoms with van der Waals surface area (Å²) in [7, 11) is 1.75. The Kier molecular flexibility index (Phi) is 3.04. The fraction of sp³-hybridized carbons (Fsp3) is 0.400. The molecule has 0 spiro atoms. The van der Waals surface area contributed by atoms with Crippen molar-refractivity contribution in [3.8, 4) is 5.75 Å². The van der Waals surface area contributed by atoms with E-state index in [2.05, 4.69) is 33.0 Å². The average molecular weight is 271 g/mol. The van der Waals surface area contributed by atoms with Crippen LogP contribution in [0.1, 0.15) is 0 Å². The van der Waals surface area contributed by atoms with E-state index in [9.17, 15) is 0 Å². The Bertz CT molecular complexity index is 263. The van der Waals surface area contributed by atoms with Crippen molar-refractivity contribution >= 4 is 22.0 Å². The molecule has 0 unspecified atom stereocenters. The third-order valence-corrected chi connectivity index (χ3v) is 7.71. The van der Waals surface area contributed by atoms with Crippen LogP contribution in [-0.2, 0) is 0 Å². The van der Waals surface area contributed by atoms with E-state index in [4.69, 9.17) is 4.74 Å². The second-order valence-electron chi connectivity index (χ2n) is 3.95. The summed E-state index contributed by atoms with van der Waals surface area (Å²) in [6.45, 7) is 0. The summed E-state index contributed by atoms with van der Waals surface area (Å²) in [5.74, 6) is 1.07. The van der Waals surface area contributed by atoms with Crippen molar-refractivity contribution in [1.82, 2.24) is 0 Å². The Balaban J connectivity index is 3.14. The molecule has 1 aromatic rings. The molecule has 0 aliphatic rings. The van der Waals surface area contributed by atoms with E-state index >= 15 is 0 Å². The Morgan fingerprint density at radius 1 is 1.08 bits per heavy atom. The van der Waals surface area contributed by atoms with E-state index in [0.29, 0.717) is 0 Å². The first-order valence-electron chi connectivity index (χ1n) is 4.19. The van der Waals surface area contributed by atoms with Gasteiger partial charge < -0.3 is 0 Å². The third kappa shape index (κ3) is 2.16. The summed E-state index contributed by atoms with van der Waals surface area (Å²) < 4.78 is 6.79. The molecule has 0 heterocycles. The van der Waals surface area contributed by atoms with E-state index < -0.39 is 18.4 Å². The summed E-state index contributed by atoms with van der Waals surface area (Å²) in [6, 6.07) is 8.38. The van der Waals surface area contributed by atoms with Gasteiger partial charge in [0.1, 0.15) is 0 Å². The molecule has 0 fully saturated rings. The molecule has 0 amide bonds. The van der Waals surface area contributed by atoms with E-state index in [1.807, 2.05) is 6.07 Å². The fourth-order valence-corrected chi connectivity index (χ4v) is 5.60. The Labute approximate surface area is 78.6 Å². The maximum absolute atomic E-state index is 5.32. The second kappa shape index (κ2) is 3.69. The van der Waals surface area contributed by atoms with Crippen LogP contribution in [0.3, 0.4) is 0 Å². The predicted molar refractivity (Wildman–Crippen MR) is 56.0 cm³/mol. The molecule has 0 radical (unpaired) electrons. The predicted octanol–water partition coefficient (Wildman–Crippen LogP) is 2.24. The van der Waals surface area contributed by atoms with Gasteiger partial charge >= 0.3 is 78.6 Å². The number of para-hydroxylation sites is 1. The van der Waals surface area contributed by atoms with Crippen LogP contribution in [0.5, 0.6) is 5.75 Å². The van der Waals surface area contributed by atoms with Gasteiger partial charge in [-0.15, -0.1) is 0 Å². The molecule has 0 N–H and O–H groups in total. The van der Waals surface area contributed by atoms with E-state index in [1.54, 1.807) is 7.11 Å². The zero-order valence-corrected chi connectivity index (χ0v) is 11.1. The Hall–Kier alpha value is -0.181. The monoisotopic (exact) mass is 272 g/mol. The number of hydrogen-bond donors (Lipinski definition) is 0. The number of methoxy groups -OCH3 is 1. The quantitative estimate of drug-likeness (QED) is 0.749. The molecule has 1 nitrogen and oxygen atoms in total. The molecule has 0 bridgehead atoms. The second-order valence-corrected chi connectivity index (χ2v) is 18.3. The van der Waals surface area contributed by atoms with Crippen LogP contribution < -0.4 is 8.32 Å². The van der Waals surface area contributed by atoms with Crippen LogP contribution in [0.4, 0.5) is 0 Å². The van der Waals surface area contributed by atoms with Gasteiger partial charge in [-0.05, 0) is 0 Å². The molecular formula is C10H16OSn. The first-order valence-corrected chi connectivity index (χ1v) is 14.2. The van der Waals surface area contributed by atoms with Crippen molar-refractivity contribution in [2.24, 2.45) is 0 Å². The van der Waals surface area contributed by atoms with Gasteiger partial charge in [0.05, 0.1) is 0 Å². The van der Waals surface area contributed by atoms with Gasteiger partial charge in [-0.3, -0.25) is 0 Å². The molecular weight excluding hydrogens is 255 g/mol. The molecule has 0 aliphatic carbocycles. The molecule has 0 aromatic heterocycles. The first-order chi connectivity index (χ1) is 5.55. The molecule has 0 atom stereocenters. The van der Waals surface area contributed by atoms with Gasteiger partial charge in [0.25, 0.3) is 0 Å². The van der Waals surface area contributed by atoms with E-state index in [1.165, 1.54) is 3.58 Å². The number of hydrogen-bond acceptors (Lipinski definition) is 1. The van der Waals surface area contributed by atoms with Gasteiger partial charge in [-0.1, -0.05) is 0 Å². The van der Waals surface area contributed by atoms with E-state index in [0.717, 1.165) is 5.75 Å². The van der Waals surface area contributed by atoms with Crippen LogP contribution in [0.25, 0.3) is 0 Å².